The van der Waals surface area contributed by atoms with E-state index in [1.165, 1.54) is 12.5 Å². The van der Waals surface area contributed by atoms with Crippen LogP contribution in [0.15, 0.2) is 23.0 Å². The van der Waals surface area contributed by atoms with Crippen LogP contribution in [0.3, 0.4) is 0 Å². The lowest BCUT2D eigenvalue weighted by atomic mass is 10.3. The molecule has 0 N–H and O–H groups in total. The Bertz CT molecular complexity index is 353. The van der Waals surface area contributed by atoms with E-state index in [2.05, 4.69) is 4.90 Å². The lowest BCUT2D eigenvalue weighted by molar-refractivity contribution is 0.0761. The van der Waals surface area contributed by atoms with Crippen molar-refractivity contribution in [3.8, 4) is 0 Å². The fraction of sp³-hybridized carbons (Fsp3) is 0.583. The summed E-state index contributed by atoms with van der Waals surface area (Å²) in [7, 11) is 0. The maximum atomic E-state index is 12.1. The van der Waals surface area contributed by atoms with Crippen LogP contribution in [0.4, 0.5) is 0 Å². The molecule has 4 nitrogen and oxygen atoms in total. The number of furan rings is 1. The molecule has 0 atom stereocenters. The highest BCUT2D eigenvalue weighted by atomic mass is 35.5. The fourth-order valence-electron chi connectivity index (χ4n) is 2.09. The molecule has 0 unspecified atom stereocenters. The molecular weight excluding hydrogens is 240 g/mol. The first-order valence-corrected chi connectivity index (χ1v) is 6.44. The molecule has 1 fully saturated rings. The van der Waals surface area contributed by atoms with E-state index >= 15 is 0 Å². The highest BCUT2D eigenvalue weighted by molar-refractivity contribution is 6.18. The minimum absolute atomic E-state index is 0.0615. The summed E-state index contributed by atoms with van der Waals surface area (Å²) in [5.41, 5.74) is 0.635. The molecule has 17 heavy (non-hydrogen) atoms. The zero-order chi connectivity index (χ0) is 12.1. The van der Waals surface area contributed by atoms with Crippen LogP contribution < -0.4 is 0 Å². The molecule has 0 saturated carbocycles. The Morgan fingerprint density at radius 3 is 2.94 bits per heavy atom. The Kier molecular flexibility index (Phi) is 4.45. The first-order chi connectivity index (χ1) is 8.31. The predicted molar refractivity (Wildman–Crippen MR) is 66.4 cm³/mol. The highest BCUT2D eigenvalue weighted by Crippen LogP contribution is 2.09. The zero-order valence-corrected chi connectivity index (χ0v) is 10.5. The molecule has 0 aromatic carbocycles. The van der Waals surface area contributed by atoms with Crippen molar-refractivity contribution in [3.05, 3.63) is 24.2 Å². The van der Waals surface area contributed by atoms with Crippen LogP contribution in [0.25, 0.3) is 0 Å². The summed E-state index contributed by atoms with van der Waals surface area (Å²) in [4.78, 5) is 16.3. The average Bonchev–Trinajstić information content (AvgIpc) is 2.76. The van der Waals surface area contributed by atoms with E-state index in [9.17, 15) is 4.79 Å². The molecule has 1 saturated heterocycles. The fourth-order valence-corrected chi connectivity index (χ4v) is 2.32. The molecule has 2 rings (SSSR count). The van der Waals surface area contributed by atoms with E-state index < -0.39 is 0 Å². The van der Waals surface area contributed by atoms with Crippen LogP contribution in [0, 0.1) is 0 Å². The number of hydrogen-bond acceptors (Lipinski definition) is 3. The maximum Gasteiger partial charge on any atom is 0.257 e. The van der Waals surface area contributed by atoms with Crippen molar-refractivity contribution in [2.24, 2.45) is 0 Å². The standard InChI is InChI=1S/C12H17ClN2O2/c13-3-6-14-4-1-5-15(8-7-14)12(16)11-2-9-17-10-11/h2,9-10H,1,3-8H2. The van der Waals surface area contributed by atoms with Crippen molar-refractivity contribution >= 4 is 17.5 Å². The molecule has 0 radical (unpaired) electrons. The van der Waals surface area contributed by atoms with Gasteiger partial charge >= 0.3 is 0 Å². The lowest BCUT2D eigenvalue weighted by Gasteiger charge is -2.20. The van der Waals surface area contributed by atoms with Crippen molar-refractivity contribution in [1.82, 2.24) is 9.80 Å². The monoisotopic (exact) mass is 256 g/mol. The molecule has 5 heteroatoms. The topological polar surface area (TPSA) is 36.7 Å². The van der Waals surface area contributed by atoms with Crippen LogP contribution in [0.1, 0.15) is 16.8 Å². The minimum Gasteiger partial charge on any atom is -0.472 e. The second-order valence-electron chi connectivity index (χ2n) is 4.19. The van der Waals surface area contributed by atoms with E-state index in [-0.39, 0.29) is 5.91 Å². The molecule has 2 heterocycles. The van der Waals surface area contributed by atoms with E-state index in [4.69, 9.17) is 16.0 Å². The molecule has 1 aromatic heterocycles. The van der Waals surface area contributed by atoms with Gasteiger partial charge in [-0.3, -0.25) is 4.79 Å². The van der Waals surface area contributed by atoms with E-state index in [1.54, 1.807) is 6.07 Å². The van der Waals surface area contributed by atoms with Gasteiger partial charge in [-0.05, 0) is 19.0 Å². The smallest absolute Gasteiger partial charge is 0.257 e. The van der Waals surface area contributed by atoms with E-state index in [0.29, 0.717) is 11.4 Å². The molecule has 94 valence electrons. The summed E-state index contributed by atoms with van der Waals surface area (Å²) >= 11 is 5.73. The van der Waals surface area contributed by atoms with Crippen molar-refractivity contribution in [1.29, 1.82) is 0 Å². The van der Waals surface area contributed by atoms with Crippen LogP contribution in [0.2, 0.25) is 0 Å². The Balaban J connectivity index is 1.92. The van der Waals surface area contributed by atoms with Crippen molar-refractivity contribution in [2.45, 2.75) is 6.42 Å². The second-order valence-corrected chi connectivity index (χ2v) is 4.57. The summed E-state index contributed by atoms with van der Waals surface area (Å²) in [5.74, 6) is 0.710. The number of carbonyl (C=O) groups excluding carboxylic acids is 1. The SMILES string of the molecule is O=C(c1ccoc1)N1CCCN(CCCl)CC1. The van der Waals surface area contributed by atoms with Gasteiger partial charge in [0.05, 0.1) is 11.8 Å². The van der Waals surface area contributed by atoms with Gasteiger partial charge in [-0.15, -0.1) is 11.6 Å². The van der Waals surface area contributed by atoms with Crippen molar-refractivity contribution in [3.63, 3.8) is 0 Å². The summed E-state index contributed by atoms with van der Waals surface area (Å²) < 4.78 is 4.94. The summed E-state index contributed by atoms with van der Waals surface area (Å²) in [6.07, 6.45) is 4.04. The van der Waals surface area contributed by atoms with Crippen LogP contribution in [0.5, 0.6) is 0 Å². The number of nitrogens with zero attached hydrogens (tertiary/aromatic N) is 2. The Morgan fingerprint density at radius 2 is 2.24 bits per heavy atom. The zero-order valence-electron chi connectivity index (χ0n) is 9.77. The van der Waals surface area contributed by atoms with Crippen LogP contribution >= 0.6 is 11.6 Å². The maximum absolute atomic E-state index is 12.1. The Labute approximate surface area is 106 Å². The van der Waals surface area contributed by atoms with Crippen LogP contribution in [-0.4, -0.2) is 54.3 Å². The summed E-state index contributed by atoms with van der Waals surface area (Å²) in [6.45, 7) is 4.39. The molecule has 0 aliphatic carbocycles. The van der Waals surface area contributed by atoms with Crippen LogP contribution in [-0.2, 0) is 0 Å². The van der Waals surface area contributed by atoms with E-state index in [0.717, 1.165) is 39.1 Å². The minimum atomic E-state index is 0.0615. The molecule has 1 amide bonds. The molecule has 1 aliphatic heterocycles. The first kappa shape index (κ1) is 12.5. The number of hydrogen-bond donors (Lipinski definition) is 0. The first-order valence-electron chi connectivity index (χ1n) is 5.91. The third-order valence-electron chi connectivity index (χ3n) is 3.04. The predicted octanol–water partition coefficient (Wildman–Crippen LogP) is 1.67. The summed E-state index contributed by atoms with van der Waals surface area (Å²) in [5, 5.41) is 0. The highest BCUT2D eigenvalue weighted by Gasteiger charge is 2.20. The largest absolute Gasteiger partial charge is 0.472 e. The van der Waals surface area contributed by atoms with Crippen molar-refractivity contribution in [2.75, 3.05) is 38.6 Å². The number of halogens is 1. The van der Waals surface area contributed by atoms with Gasteiger partial charge < -0.3 is 14.2 Å². The van der Waals surface area contributed by atoms with Crippen molar-refractivity contribution < 1.29 is 9.21 Å². The quantitative estimate of drug-likeness (QED) is 0.772. The van der Waals surface area contributed by atoms with Gasteiger partial charge in [-0.25, -0.2) is 0 Å². The van der Waals surface area contributed by atoms with Gasteiger partial charge in [0.1, 0.15) is 6.26 Å². The Morgan fingerprint density at radius 1 is 1.35 bits per heavy atom. The number of rotatable bonds is 3. The van der Waals surface area contributed by atoms with E-state index in [1.807, 2.05) is 4.90 Å². The number of carbonyl (C=O) groups is 1. The second kappa shape index (κ2) is 6.07. The molecule has 1 aromatic rings. The average molecular weight is 257 g/mol. The molecule has 0 bridgehead atoms. The van der Waals surface area contributed by atoms with Gasteiger partial charge in [0, 0.05) is 32.1 Å². The normalized spacial score (nSPS) is 18.1. The van der Waals surface area contributed by atoms with Gasteiger partial charge in [-0.2, -0.15) is 0 Å². The van der Waals surface area contributed by atoms with Gasteiger partial charge in [0.15, 0.2) is 0 Å². The van der Waals surface area contributed by atoms with Gasteiger partial charge in [0.2, 0.25) is 0 Å². The molecular formula is C12H17ClN2O2. The summed E-state index contributed by atoms with van der Waals surface area (Å²) in [6, 6.07) is 1.71. The lowest BCUT2D eigenvalue weighted by Crippen LogP contribution is -2.35. The molecule has 1 aliphatic rings. The molecule has 0 spiro atoms. The third kappa shape index (κ3) is 3.23. The van der Waals surface area contributed by atoms with Gasteiger partial charge in [0.25, 0.3) is 5.91 Å². The van der Waals surface area contributed by atoms with Gasteiger partial charge in [-0.1, -0.05) is 0 Å². The third-order valence-corrected chi connectivity index (χ3v) is 3.21. The number of alkyl halides is 1. The Hall–Kier alpha value is -1.00. The number of amides is 1.